The van der Waals surface area contributed by atoms with Crippen LogP contribution in [0.4, 0.5) is 0 Å². The van der Waals surface area contributed by atoms with Gasteiger partial charge >= 0.3 is 18.2 Å². The van der Waals surface area contributed by atoms with Crippen LogP contribution in [-0.4, -0.2) is 11.9 Å². The van der Waals surface area contributed by atoms with Gasteiger partial charge in [0.15, 0.2) is 0 Å². The molecule has 0 aliphatic carbocycles. The zero-order valence-corrected chi connectivity index (χ0v) is 17.1. The number of carbonyl (C=O) groups excluding carboxylic acids is 2. The van der Waals surface area contributed by atoms with Gasteiger partial charge in [0.25, 0.3) is 0 Å². The summed E-state index contributed by atoms with van der Waals surface area (Å²) in [4.78, 5) is 43.9. The Morgan fingerprint density at radius 2 is 1.03 bits per heavy atom. The fourth-order valence-electron chi connectivity index (χ4n) is 2.66. The summed E-state index contributed by atoms with van der Waals surface area (Å²) >= 11 is 0. The Balaban J connectivity index is 1.80. The molecular formula is C24H28O6. The van der Waals surface area contributed by atoms with E-state index in [1.807, 2.05) is 0 Å². The Morgan fingerprint density at radius 1 is 0.600 bits per heavy atom. The van der Waals surface area contributed by atoms with Crippen molar-refractivity contribution >= 4 is 11.9 Å². The molecule has 0 aliphatic rings. The minimum absolute atomic E-state index is 0.0821. The van der Waals surface area contributed by atoms with Gasteiger partial charge < -0.3 is 0 Å². The van der Waals surface area contributed by atoms with Crippen molar-refractivity contribution in [1.82, 2.24) is 0 Å². The van der Waals surface area contributed by atoms with Crippen LogP contribution in [-0.2, 0) is 19.6 Å². The molecule has 0 bridgehead atoms. The van der Waals surface area contributed by atoms with Gasteiger partial charge in [-0.25, -0.2) is 9.59 Å². The molecule has 0 amide bonds. The summed E-state index contributed by atoms with van der Waals surface area (Å²) in [7, 11) is 0. The Bertz CT molecular complexity index is 676. The van der Waals surface area contributed by atoms with Crippen LogP contribution in [0.1, 0.15) is 72.1 Å². The molecule has 0 N–H and O–H groups in total. The van der Waals surface area contributed by atoms with Gasteiger partial charge in [-0.15, -0.1) is 9.78 Å². The predicted octanol–water partition coefficient (Wildman–Crippen LogP) is 6.01. The van der Waals surface area contributed by atoms with E-state index in [-0.39, 0.29) is 6.29 Å². The molecule has 0 saturated heterocycles. The van der Waals surface area contributed by atoms with Gasteiger partial charge in [0.2, 0.25) is 0 Å². The highest BCUT2D eigenvalue weighted by atomic mass is 17.3. The maximum Gasteiger partial charge on any atom is 0.373 e. The molecule has 2 radical (unpaired) electrons. The van der Waals surface area contributed by atoms with Gasteiger partial charge in [0.1, 0.15) is 0 Å². The molecule has 0 spiro atoms. The number of hydrogen-bond acceptors (Lipinski definition) is 6. The first kappa shape index (κ1) is 23.6. The van der Waals surface area contributed by atoms with Crippen molar-refractivity contribution in [2.75, 3.05) is 0 Å². The van der Waals surface area contributed by atoms with Gasteiger partial charge in [0.05, 0.1) is 11.1 Å². The molecule has 0 heterocycles. The summed E-state index contributed by atoms with van der Waals surface area (Å²) in [5, 5.41) is 0. The molecule has 0 saturated carbocycles. The van der Waals surface area contributed by atoms with Crippen molar-refractivity contribution < 1.29 is 29.1 Å². The standard InChI is InChI=1S/C24H28O6/c1-2-3-4-5-6-7-14-19-22(27-29-23(25)20-15-10-8-11-16-20)28-30-24(26)21-17-12-9-13-18-21/h8-13,15-18H,1-7,14,19H2. The minimum Gasteiger partial charge on any atom is -0.289 e. The Labute approximate surface area is 178 Å². The van der Waals surface area contributed by atoms with E-state index < -0.39 is 11.9 Å². The summed E-state index contributed by atoms with van der Waals surface area (Å²) < 4.78 is 0. The van der Waals surface area contributed by atoms with E-state index in [2.05, 4.69) is 6.92 Å². The second-order valence-corrected chi connectivity index (χ2v) is 6.74. The number of unbranched alkanes of at least 4 members (excludes halogenated alkanes) is 6. The van der Waals surface area contributed by atoms with Crippen molar-refractivity contribution in [3.8, 4) is 0 Å². The lowest BCUT2D eigenvalue weighted by molar-refractivity contribution is -0.363. The van der Waals surface area contributed by atoms with Crippen molar-refractivity contribution in [3.63, 3.8) is 0 Å². The number of carbonyl (C=O) groups is 2. The molecule has 6 heteroatoms. The molecule has 160 valence electrons. The first-order valence-electron chi connectivity index (χ1n) is 10.2. The van der Waals surface area contributed by atoms with Crippen LogP contribution in [0.5, 0.6) is 0 Å². The van der Waals surface area contributed by atoms with Crippen LogP contribution in [0, 0.1) is 13.2 Å². The van der Waals surface area contributed by atoms with Gasteiger partial charge in [-0.2, -0.15) is 0 Å². The van der Waals surface area contributed by atoms with Crippen molar-refractivity contribution in [1.29, 1.82) is 0 Å². The molecule has 0 atom stereocenters. The highest BCUT2D eigenvalue weighted by molar-refractivity contribution is 5.89. The third-order valence-corrected chi connectivity index (χ3v) is 4.32. The van der Waals surface area contributed by atoms with E-state index in [0.29, 0.717) is 17.5 Å². The van der Waals surface area contributed by atoms with Crippen LogP contribution in [0.25, 0.3) is 0 Å². The number of rotatable bonds is 14. The SMILES string of the molecule is [CH2]CCCCCCCC[C](OOC(=O)c1ccccc1)OOC(=O)c1ccccc1. The summed E-state index contributed by atoms with van der Waals surface area (Å²) in [6, 6.07) is 16.9. The molecule has 2 aromatic rings. The van der Waals surface area contributed by atoms with Gasteiger partial charge in [-0.3, -0.25) is 9.78 Å². The molecule has 0 fully saturated rings. The van der Waals surface area contributed by atoms with Gasteiger partial charge in [0, 0.05) is 6.42 Å². The lowest BCUT2D eigenvalue weighted by Gasteiger charge is -2.13. The van der Waals surface area contributed by atoms with E-state index in [1.165, 1.54) is 0 Å². The Morgan fingerprint density at radius 3 is 1.50 bits per heavy atom. The highest BCUT2D eigenvalue weighted by Gasteiger charge is 2.21. The molecule has 30 heavy (non-hydrogen) atoms. The van der Waals surface area contributed by atoms with E-state index in [9.17, 15) is 9.59 Å². The quantitative estimate of drug-likeness (QED) is 0.215. The van der Waals surface area contributed by atoms with Crippen LogP contribution in [0.2, 0.25) is 0 Å². The fourth-order valence-corrected chi connectivity index (χ4v) is 2.66. The third-order valence-electron chi connectivity index (χ3n) is 4.32. The maximum atomic E-state index is 12.1. The summed E-state index contributed by atoms with van der Waals surface area (Å²) in [5.74, 6) is -1.33. The van der Waals surface area contributed by atoms with E-state index in [1.54, 1.807) is 60.7 Å². The van der Waals surface area contributed by atoms with Crippen molar-refractivity contribution in [3.05, 3.63) is 85.0 Å². The lowest BCUT2D eigenvalue weighted by atomic mass is 10.1. The average Bonchev–Trinajstić information content (AvgIpc) is 2.80. The predicted molar refractivity (Wildman–Crippen MR) is 111 cm³/mol. The van der Waals surface area contributed by atoms with E-state index in [0.717, 1.165) is 44.9 Å². The topological polar surface area (TPSA) is 71.1 Å². The van der Waals surface area contributed by atoms with E-state index in [4.69, 9.17) is 19.6 Å². The zero-order chi connectivity index (χ0) is 21.4. The summed E-state index contributed by atoms with van der Waals surface area (Å²) in [5.41, 5.74) is 0.673. The summed E-state index contributed by atoms with van der Waals surface area (Å²) in [6.45, 7) is 3.84. The molecule has 2 rings (SSSR count). The molecule has 6 nitrogen and oxygen atoms in total. The largest absolute Gasteiger partial charge is 0.373 e. The van der Waals surface area contributed by atoms with Crippen molar-refractivity contribution in [2.24, 2.45) is 0 Å². The molecule has 0 aromatic heterocycles. The lowest BCUT2D eigenvalue weighted by Crippen LogP contribution is -2.16. The van der Waals surface area contributed by atoms with Crippen LogP contribution < -0.4 is 0 Å². The minimum atomic E-state index is -0.667. The third kappa shape index (κ3) is 9.20. The van der Waals surface area contributed by atoms with Crippen LogP contribution in [0.3, 0.4) is 0 Å². The summed E-state index contributed by atoms with van der Waals surface area (Å²) in [6.07, 6.45) is 7.41. The molecule has 0 aliphatic heterocycles. The number of hydrogen-bond donors (Lipinski definition) is 0. The Kier molecular flexibility index (Phi) is 11.2. The molecule has 2 aromatic carbocycles. The fraction of sp³-hybridized carbons (Fsp3) is 0.333. The van der Waals surface area contributed by atoms with E-state index >= 15 is 0 Å². The van der Waals surface area contributed by atoms with Crippen LogP contribution >= 0.6 is 0 Å². The first-order chi connectivity index (χ1) is 14.7. The monoisotopic (exact) mass is 412 g/mol. The first-order valence-corrected chi connectivity index (χ1v) is 10.2. The molecular weight excluding hydrogens is 384 g/mol. The van der Waals surface area contributed by atoms with Gasteiger partial charge in [-0.05, 0) is 30.7 Å². The number of benzene rings is 2. The smallest absolute Gasteiger partial charge is 0.289 e. The second kappa shape index (κ2) is 14.3. The average molecular weight is 412 g/mol. The van der Waals surface area contributed by atoms with Gasteiger partial charge in [-0.1, -0.05) is 81.8 Å². The van der Waals surface area contributed by atoms with Crippen LogP contribution in [0.15, 0.2) is 60.7 Å². The normalized spacial score (nSPS) is 10.7. The Hall–Kier alpha value is -2.70. The second-order valence-electron chi connectivity index (χ2n) is 6.74. The highest BCUT2D eigenvalue weighted by Crippen LogP contribution is 2.19. The maximum absolute atomic E-state index is 12.1. The zero-order valence-electron chi connectivity index (χ0n) is 17.1. The molecule has 0 unspecified atom stereocenters. The van der Waals surface area contributed by atoms with Crippen molar-refractivity contribution in [2.45, 2.75) is 51.4 Å².